The highest BCUT2D eigenvalue weighted by Crippen LogP contribution is 2.37. The van der Waals surface area contributed by atoms with E-state index in [1.54, 1.807) is 12.5 Å². The number of aryl methyl sites for hydroxylation is 1. The van der Waals surface area contributed by atoms with Crippen LogP contribution in [0, 0.1) is 0 Å². The zero-order valence-electron chi connectivity index (χ0n) is 17.9. The molecule has 2 aromatic carbocycles. The molecular formula is C26H22N4O2. The molecule has 1 atom stereocenters. The fraction of sp³-hybridized carbons (Fsp3) is 0.192. The van der Waals surface area contributed by atoms with E-state index < -0.39 is 0 Å². The van der Waals surface area contributed by atoms with Crippen LogP contribution in [0.3, 0.4) is 0 Å². The summed E-state index contributed by atoms with van der Waals surface area (Å²) in [6.45, 7) is 2.71. The van der Waals surface area contributed by atoms with Crippen molar-refractivity contribution in [3.63, 3.8) is 0 Å². The van der Waals surface area contributed by atoms with Gasteiger partial charge in [0.1, 0.15) is 5.58 Å². The lowest BCUT2D eigenvalue weighted by Gasteiger charge is -2.33. The summed E-state index contributed by atoms with van der Waals surface area (Å²) in [5.74, 6) is 0.0260. The van der Waals surface area contributed by atoms with Crippen molar-refractivity contribution in [2.24, 2.45) is 7.05 Å². The maximum Gasteiger partial charge on any atom is 0.254 e. The van der Waals surface area contributed by atoms with E-state index in [2.05, 4.69) is 30.1 Å². The van der Waals surface area contributed by atoms with E-state index in [-0.39, 0.29) is 11.9 Å². The quantitative estimate of drug-likeness (QED) is 0.395. The Bertz CT molecular complexity index is 1500. The average molecular weight is 422 g/mol. The third kappa shape index (κ3) is 2.83. The summed E-state index contributed by atoms with van der Waals surface area (Å²) < 4.78 is 7.53. The lowest BCUT2D eigenvalue weighted by molar-refractivity contribution is 0.0674. The van der Waals surface area contributed by atoms with Gasteiger partial charge in [0, 0.05) is 47.3 Å². The van der Waals surface area contributed by atoms with Crippen LogP contribution in [0.4, 0.5) is 0 Å². The molecule has 158 valence electrons. The standard InChI is InChI=1S/C26H22N4O2/c1-16-24-21(25(29(2)28-24)19-6-5-17-10-13-32-23(17)15-19)9-12-30(16)26(31)20-7-8-22-18(14-20)4-3-11-27-22/h3-8,10-11,13-16H,9,12H2,1-2H3/t16-/m0/s1. The molecule has 6 nitrogen and oxygen atoms in total. The molecule has 0 bridgehead atoms. The number of hydrogen-bond acceptors (Lipinski definition) is 4. The number of carbonyl (C=O) groups is 1. The van der Waals surface area contributed by atoms with Crippen LogP contribution in [0.2, 0.25) is 0 Å². The number of nitrogens with zero attached hydrogens (tertiary/aromatic N) is 4. The average Bonchev–Trinajstić information content (AvgIpc) is 3.42. The van der Waals surface area contributed by atoms with Gasteiger partial charge in [0.05, 0.1) is 29.2 Å². The number of pyridine rings is 1. The van der Waals surface area contributed by atoms with Crippen LogP contribution < -0.4 is 0 Å². The minimum Gasteiger partial charge on any atom is -0.464 e. The van der Waals surface area contributed by atoms with Gasteiger partial charge in [-0.05, 0) is 49.7 Å². The molecule has 1 amide bonds. The van der Waals surface area contributed by atoms with E-state index in [1.807, 2.05) is 53.0 Å². The molecule has 6 rings (SSSR count). The molecule has 0 fully saturated rings. The van der Waals surface area contributed by atoms with Crippen molar-refractivity contribution in [2.75, 3.05) is 6.54 Å². The van der Waals surface area contributed by atoms with Crippen LogP contribution in [0.5, 0.6) is 0 Å². The Hall–Kier alpha value is -3.93. The molecule has 0 saturated heterocycles. The number of carbonyl (C=O) groups excluding carboxylic acids is 1. The Kier molecular flexibility index (Phi) is 4.15. The van der Waals surface area contributed by atoms with E-state index >= 15 is 0 Å². The van der Waals surface area contributed by atoms with Crippen LogP contribution >= 0.6 is 0 Å². The van der Waals surface area contributed by atoms with Gasteiger partial charge >= 0.3 is 0 Å². The fourth-order valence-electron chi connectivity index (χ4n) is 4.86. The maximum atomic E-state index is 13.4. The number of furan rings is 1. The Morgan fingerprint density at radius 1 is 1.09 bits per heavy atom. The molecule has 1 aliphatic rings. The van der Waals surface area contributed by atoms with Crippen molar-refractivity contribution in [3.8, 4) is 11.3 Å². The number of benzene rings is 2. The number of aromatic nitrogens is 3. The van der Waals surface area contributed by atoms with Crippen molar-refractivity contribution in [1.29, 1.82) is 0 Å². The first-order valence-electron chi connectivity index (χ1n) is 10.8. The molecule has 4 heterocycles. The molecule has 3 aromatic heterocycles. The van der Waals surface area contributed by atoms with Gasteiger partial charge in [-0.1, -0.05) is 18.2 Å². The predicted molar refractivity (Wildman–Crippen MR) is 123 cm³/mol. The smallest absolute Gasteiger partial charge is 0.254 e. The molecule has 0 spiro atoms. The van der Waals surface area contributed by atoms with Gasteiger partial charge in [0.2, 0.25) is 0 Å². The number of hydrogen-bond donors (Lipinski definition) is 0. The maximum absolute atomic E-state index is 13.4. The molecule has 0 aliphatic carbocycles. The second-order valence-corrected chi connectivity index (χ2v) is 8.34. The van der Waals surface area contributed by atoms with Crippen LogP contribution in [0.25, 0.3) is 33.1 Å². The predicted octanol–water partition coefficient (Wildman–Crippen LogP) is 5.14. The minimum absolute atomic E-state index is 0.0260. The van der Waals surface area contributed by atoms with Crippen molar-refractivity contribution in [2.45, 2.75) is 19.4 Å². The third-order valence-corrected chi connectivity index (χ3v) is 6.48. The van der Waals surface area contributed by atoms with Gasteiger partial charge in [0.15, 0.2) is 0 Å². The summed E-state index contributed by atoms with van der Waals surface area (Å²) in [5, 5.41) is 6.89. The molecule has 0 radical (unpaired) electrons. The van der Waals surface area contributed by atoms with Gasteiger partial charge in [-0.3, -0.25) is 14.5 Å². The summed E-state index contributed by atoms with van der Waals surface area (Å²) in [4.78, 5) is 19.7. The van der Waals surface area contributed by atoms with E-state index in [1.165, 1.54) is 5.56 Å². The number of amides is 1. The first-order chi connectivity index (χ1) is 15.6. The van der Waals surface area contributed by atoms with Crippen molar-refractivity contribution in [3.05, 3.63) is 83.9 Å². The Morgan fingerprint density at radius 2 is 2.00 bits per heavy atom. The highest BCUT2D eigenvalue weighted by molar-refractivity contribution is 5.98. The molecule has 0 N–H and O–H groups in total. The summed E-state index contributed by atoms with van der Waals surface area (Å²) in [7, 11) is 1.97. The molecule has 0 saturated carbocycles. The van der Waals surface area contributed by atoms with Crippen LogP contribution in [-0.4, -0.2) is 32.1 Å². The highest BCUT2D eigenvalue weighted by atomic mass is 16.3. The van der Waals surface area contributed by atoms with Gasteiger partial charge < -0.3 is 9.32 Å². The Morgan fingerprint density at radius 3 is 2.91 bits per heavy atom. The zero-order chi connectivity index (χ0) is 21.8. The highest BCUT2D eigenvalue weighted by Gasteiger charge is 2.33. The lowest BCUT2D eigenvalue weighted by atomic mass is 9.94. The van der Waals surface area contributed by atoms with Crippen molar-refractivity contribution >= 4 is 27.8 Å². The Balaban J connectivity index is 1.36. The molecule has 6 heteroatoms. The van der Waals surface area contributed by atoms with Crippen LogP contribution in [-0.2, 0) is 13.5 Å². The molecule has 1 aliphatic heterocycles. The van der Waals surface area contributed by atoms with Gasteiger partial charge in [-0.15, -0.1) is 0 Å². The normalized spacial score (nSPS) is 15.9. The lowest BCUT2D eigenvalue weighted by Crippen LogP contribution is -2.38. The van der Waals surface area contributed by atoms with Gasteiger partial charge in [-0.25, -0.2) is 0 Å². The molecule has 0 unspecified atom stereocenters. The molecule has 5 aromatic rings. The Labute approximate surface area is 185 Å². The summed E-state index contributed by atoms with van der Waals surface area (Å²) in [6, 6.07) is 17.7. The van der Waals surface area contributed by atoms with E-state index in [4.69, 9.17) is 9.52 Å². The SMILES string of the molecule is C[C@H]1c2nn(C)c(-c3ccc4ccoc4c3)c2CCN1C(=O)c1ccc2ncccc2c1. The third-order valence-electron chi connectivity index (χ3n) is 6.48. The summed E-state index contributed by atoms with van der Waals surface area (Å²) in [6.07, 6.45) is 4.24. The second-order valence-electron chi connectivity index (χ2n) is 8.34. The van der Waals surface area contributed by atoms with Gasteiger partial charge in [-0.2, -0.15) is 5.10 Å². The monoisotopic (exact) mass is 422 g/mol. The zero-order valence-corrected chi connectivity index (χ0v) is 17.9. The topological polar surface area (TPSA) is 64.2 Å². The fourth-order valence-corrected chi connectivity index (χ4v) is 4.86. The van der Waals surface area contributed by atoms with Crippen molar-refractivity contribution in [1.82, 2.24) is 19.7 Å². The first kappa shape index (κ1) is 18.8. The van der Waals surface area contributed by atoms with Gasteiger partial charge in [0.25, 0.3) is 5.91 Å². The summed E-state index contributed by atoms with van der Waals surface area (Å²) >= 11 is 0. The number of fused-ring (bicyclic) bond motifs is 3. The van der Waals surface area contributed by atoms with E-state index in [9.17, 15) is 4.79 Å². The summed E-state index contributed by atoms with van der Waals surface area (Å²) in [5.41, 5.74) is 6.78. The van der Waals surface area contributed by atoms with E-state index in [0.717, 1.165) is 45.2 Å². The minimum atomic E-state index is -0.108. The molecule has 32 heavy (non-hydrogen) atoms. The molecular weight excluding hydrogens is 400 g/mol. The largest absolute Gasteiger partial charge is 0.464 e. The number of rotatable bonds is 2. The van der Waals surface area contributed by atoms with Crippen LogP contribution in [0.15, 0.2) is 71.5 Å². The van der Waals surface area contributed by atoms with Crippen LogP contribution in [0.1, 0.15) is 34.6 Å². The second kappa shape index (κ2) is 7.05. The first-order valence-corrected chi connectivity index (χ1v) is 10.8. The van der Waals surface area contributed by atoms with E-state index in [0.29, 0.717) is 12.1 Å². The van der Waals surface area contributed by atoms with Crippen molar-refractivity contribution < 1.29 is 9.21 Å².